The van der Waals surface area contributed by atoms with E-state index in [9.17, 15) is 14.7 Å². The van der Waals surface area contributed by atoms with Crippen LogP contribution in [0.2, 0.25) is 0 Å². The Morgan fingerprint density at radius 2 is 1.74 bits per heavy atom. The molecule has 0 aliphatic carbocycles. The number of hydrogen-bond acceptors (Lipinski definition) is 2. The Kier molecular flexibility index (Phi) is 4.15. The summed E-state index contributed by atoms with van der Waals surface area (Å²) in [4.78, 5) is 26.6. The largest absolute Gasteiger partial charge is 0.481 e. The van der Waals surface area contributed by atoms with Gasteiger partial charge in [0.15, 0.2) is 0 Å². The lowest BCUT2D eigenvalue weighted by Gasteiger charge is -2.40. The van der Waals surface area contributed by atoms with Crippen molar-refractivity contribution in [2.45, 2.75) is 25.3 Å². The summed E-state index contributed by atoms with van der Waals surface area (Å²) in [6.07, 6.45) is 0.781. The first kappa shape index (κ1) is 15.3. The number of amides is 1. The number of hydrogen-bond donors (Lipinski definition) is 1. The normalized spacial score (nSPS) is 20.2. The van der Waals surface area contributed by atoms with Gasteiger partial charge in [-0.05, 0) is 23.6 Å². The van der Waals surface area contributed by atoms with Crippen LogP contribution in [0.15, 0.2) is 54.6 Å². The van der Waals surface area contributed by atoms with Crippen molar-refractivity contribution in [2.75, 3.05) is 6.54 Å². The number of fused-ring (bicyclic) bond motifs is 1. The zero-order valence-corrected chi connectivity index (χ0v) is 13.0. The van der Waals surface area contributed by atoms with Crippen molar-refractivity contribution in [1.82, 2.24) is 4.90 Å². The van der Waals surface area contributed by atoms with Crippen LogP contribution in [0.4, 0.5) is 0 Å². The molecule has 4 heteroatoms. The van der Waals surface area contributed by atoms with Gasteiger partial charge in [0.25, 0.3) is 5.91 Å². The summed E-state index contributed by atoms with van der Waals surface area (Å²) < 4.78 is 0. The highest BCUT2D eigenvalue weighted by molar-refractivity contribution is 6.00. The van der Waals surface area contributed by atoms with Crippen LogP contribution in [-0.2, 0) is 4.79 Å². The number of rotatable bonds is 4. The number of benzene rings is 2. The molecule has 2 aromatic rings. The minimum absolute atomic E-state index is 0.0891. The van der Waals surface area contributed by atoms with Crippen molar-refractivity contribution < 1.29 is 14.7 Å². The standard InChI is InChI=1S/C19H19NO3/c1-2-12-20-17(13-8-4-3-5-9-13)16(19(22)23)14-10-6-7-11-15(14)18(20)21/h3-11,16-17H,2,12H2,1H3,(H,22,23)/t16-,17+/m0/s1. The van der Waals surface area contributed by atoms with Gasteiger partial charge in [0.2, 0.25) is 0 Å². The minimum atomic E-state index is -0.903. The smallest absolute Gasteiger partial charge is 0.313 e. The topological polar surface area (TPSA) is 57.6 Å². The molecular formula is C19H19NO3. The molecule has 1 N–H and O–H groups in total. The molecule has 2 aromatic carbocycles. The van der Waals surface area contributed by atoms with Crippen LogP contribution in [0.1, 0.15) is 46.8 Å². The number of nitrogens with zero attached hydrogens (tertiary/aromatic N) is 1. The molecule has 0 bridgehead atoms. The number of aliphatic carboxylic acids is 1. The fourth-order valence-electron chi connectivity index (χ4n) is 3.37. The predicted molar refractivity (Wildman–Crippen MR) is 87.3 cm³/mol. The highest BCUT2D eigenvalue weighted by Crippen LogP contribution is 2.42. The molecule has 4 nitrogen and oxygen atoms in total. The molecule has 0 spiro atoms. The van der Waals surface area contributed by atoms with Crippen molar-refractivity contribution in [1.29, 1.82) is 0 Å². The van der Waals surface area contributed by atoms with Gasteiger partial charge in [-0.15, -0.1) is 0 Å². The molecule has 0 aromatic heterocycles. The average molecular weight is 309 g/mol. The Morgan fingerprint density at radius 1 is 1.09 bits per heavy atom. The first-order valence-electron chi connectivity index (χ1n) is 7.82. The van der Waals surface area contributed by atoms with Crippen molar-refractivity contribution in [3.8, 4) is 0 Å². The van der Waals surface area contributed by atoms with Crippen LogP contribution >= 0.6 is 0 Å². The number of carboxylic acid groups (broad SMARTS) is 1. The lowest BCUT2D eigenvalue weighted by molar-refractivity contribution is -0.140. The molecule has 2 atom stereocenters. The zero-order chi connectivity index (χ0) is 16.4. The summed E-state index contributed by atoms with van der Waals surface area (Å²) in [5.41, 5.74) is 1.96. The third-order valence-corrected chi connectivity index (χ3v) is 4.31. The van der Waals surface area contributed by atoms with Crippen molar-refractivity contribution >= 4 is 11.9 Å². The van der Waals surface area contributed by atoms with Crippen LogP contribution in [0.25, 0.3) is 0 Å². The molecule has 118 valence electrons. The van der Waals surface area contributed by atoms with Gasteiger partial charge < -0.3 is 10.0 Å². The van der Waals surface area contributed by atoms with Crippen molar-refractivity contribution in [2.24, 2.45) is 0 Å². The zero-order valence-electron chi connectivity index (χ0n) is 13.0. The van der Waals surface area contributed by atoms with E-state index in [0.717, 1.165) is 12.0 Å². The summed E-state index contributed by atoms with van der Waals surface area (Å²) >= 11 is 0. The Balaban J connectivity index is 2.20. The van der Waals surface area contributed by atoms with Gasteiger partial charge in [-0.3, -0.25) is 9.59 Å². The van der Waals surface area contributed by atoms with Crippen LogP contribution in [0, 0.1) is 0 Å². The summed E-state index contributed by atoms with van der Waals surface area (Å²) in [6.45, 7) is 2.53. The van der Waals surface area contributed by atoms with Gasteiger partial charge in [-0.2, -0.15) is 0 Å². The second kappa shape index (κ2) is 6.24. The van der Waals surface area contributed by atoms with Crippen molar-refractivity contribution in [3.63, 3.8) is 0 Å². The molecule has 1 amide bonds. The Hall–Kier alpha value is -2.62. The third-order valence-electron chi connectivity index (χ3n) is 4.31. The summed E-state index contributed by atoms with van der Waals surface area (Å²) in [5, 5.41) is 9.85. The van der Waals surface area contributed by atoms with Crippen LogP contribution < -0.4 is 0 Å². The van der Waals surface area contributed by atoms with Gasteiger partial charge in [0.1, 0.15) is 5.92 Å². The van der Waals surface area contributed by atoms with Gasteiger partial charge in [0, 0.05) is 12.1 Å². The van der Waals surface area contributed by atoms with E-state index in [-0.39, 0.29) is 5.91 Å². The SMILES string of the molecule is CCCN1C(=O)c2ccccc2[C@H](C(=O)O)[C@H]1c1ccccc1. The molecule has 0 radical (unpaired) electrons. The summed E-state index contributed by atoms with van der Waals surface area (Å²) in [5.74, 6) is -1.74. The summed E-state index contributed by atoms with van der Waals surface area (Å²) in [6, 6.07) is 16.0. The molecule has 0 unspecified atom stereocenters. The van der Waals surface area contributed by atoms with E-state index in [0.29, 0.717) is 17.7 Å². The molecule has 0 saturated heterocycles. The Bertz CT molecular complexity index is 726. The summed E-state index contributed by atoms with van der Waals surface area (Å²) in [7, 11) is 0. The molecule has 1 aliphatic rings. The third kappa shape index (κ3) is 2.61. The van der Waals surface area contributed by atoms with E-state index in [1.807, 2.05) is 37.3 Å². The van der Waals surface area contributed by atoms with E-state index in [1.54, 1.807) is 29.2 Å². The monoisotopic (exact) mass is 309 g/mol. The fourth-order valence-corrected chi connectivity index (χ4v) is 3.37. The molecule has 1 heterocycles. The number of carboxylic acids is 1. The van der Waals surface area contributed by atoms with Gasteiger partial charge in [-0.1, -0.05) is 55.5 Å². The lowest BCUT2D eigenvalue weighted by Crippen LogP contribution is -2.45. The van der Waals surface area contributed by atoms with Crippen molar-refractivity contribution in [3.05, 3.63) is 71.3 Å². The highest BCUT2D eigenvalue weighted by atomic mass is 16.4. The van der Waals surface area contributed by atoms with E-state index >= 15 is 0 Å². The van der Waals surface area contributed by atoms with Crippen LogP contribution in [-0.4, -0.2) is 28.4 Å². The van der Waals surface area contributed by atoms with Crippen LogP contribution in [0.5, 0.6) is 0 Å². The number of carbonyl (C=O) groups excluding carboxylic acids is 1. The van der Waals surface area contributed by atoms with Gasteiger partial charge in [-0.25, -0.2) is 0 Å². The van der Waals surface area contributed by atoms with Gasteiger partial charge in [0.05, 0.1) is 6.04 Å². The first-order valence-corrected chi connectivity index (χ1v) is 7.82. The average Bonchev–Trinajstić information content (AvgIpc) is 2.57. The first-order chi connectivity index (χ1) is 11.1. The Labute approximate surface area is 135 Å². The number of carbonyl (C=O) groups is 2. The fraction of sp³-hybridized carbons (Fsp3) is 0.263. The predicted octanol–water partition coefficient (Wildman–Crippen LogP) is 3.46. The van der Waals surface area contributed by atoms with E-state index in [4.69, 9.17) is 0 Å². The maximum atomic E-state index is 12.9. The molecule has 3 rings (SSSR count). The highest BCUT2D eigenvalue weighted by Gasteiger charge is 2.43. The maximum absolute atomic E-state index is 12.9. The second-order valence-corrected chi connectivity index (χ2v) is 5.76. The van der Waals surface area contributed by atoms with Crippen LogP contribution in [0.3, 0.4) is 0 Å². The van der Waals surface area contributed by atoms with E-state index in [2.05, 4.69) is 0 Å². The lowest BCUT2D eigenvalue weighted by atomic mass is 9.79. The van der Waals surface area contributed by atoms with E-state index < -0.39 is 17.9 Å². The minimum Gasteiger partial charge on any atom is -0.481 e. The maximum Gasteiger partial charge on any atom is 0.313 e. The van der Waals surface area contributed by atoms with Gasteiger partial charge >= 0.3 is 5.97 Å². The molecular weight excluding hydrogens is 290 g/mol. The second-order valence-electron chi connectivity index (χ2n) is 5.76. The van der Waals surface area contributed by atoms with E-state index in [1.165, 1.54) is 0 Å². The molecule has 23 heavy (non-hydrogen) atoms. The molecule has 1 aliphatic heterocycles. The Morgan fingerprint density at radius 3 is 2.39 bits per heavy atom. The molecule has 0 fully saturated rings. The molecule has 0 saturated carbocycles. The quantitative estimate of drug-likeness (QED) is 0.941.